The third-order valence-corrected chi connectivity index (χ3v) is 1.88. The van der Waals surface area contributed by atoms with Crippen molar-refractivity contribution in [3.8, 4) is 0 Å². The maximum Gasteiger partial charge on any atom is 0.407 e. The number of hydrogen-bond acceptors (Lipinski definition) is 4. The Morgan fingerprint density at radius 1 is 1.29 bits per heavy atom. The van der Waals surface area contributed by atoms with Crippen LogP contribution >= 0.6 is 0 Å². The number of rotatable bonds is 4. The first-order valence-corrected chi connectivity index (χ1v) is 4.54. The van der Waals surface area contributed by atoms with Crippen LogP contribution in [-0.4, -0.2) is 31.1 Å². The van der Waals surface area contributed by atoms with E-state index in [2.05, 4.69) is 10.1 Å². The first-order chi connectivity index (χ1) is 6.40. The average Bonchev–Trinajstić information content (AvgIpc) is 2.11. The lowest BCUT2D eigenvalue weighted by molar-refractivity contribution is -0.122. The number of carbonyl (C=O) groups is 2. The molecule has 5 heteroatoms. The molecule has 0 rings (SSSR count). The largest absolute Gasteiger partial charge is 0.453 e. The molecule has 0 aromatic heterocycles. The van der Waals surface area contributed by atoms with Gasteiger partial charge in [0.1, 0.15) is 0 Å². The van der Waals surface area contributed by atoms with E-state index in [0.29, 0.717) is 0 Å². The Hall–Kier alpha value is -1.10. The second kappa shape index (κ2) is 5.59. The van der Waals surface area contributed by atoms with Gasteiger partial charge in [-0.15, -0.1) is 0 Å². The summed E-state index contributed by atoms with van der Waals surface area (Å²) in [6, 6.07) is -1.16. The maximum atomic E-state index is 11.5. The molecule has 82 valence electrons. The van der Waals surface area contributed by atoms with Gasteiger partial charge in [-0.1, -0.05) is 13.8 Å². The number of alkyl carbamates (subject to hydrolysis) is 1. The summed E-state index contributed by atoms with van der Waals surface area (Å²) in [5.74, 6) is -0.196. The fourth-order valence-corrected chi connectivity index (χ4v) is 1.04. The molecule has 2 atom stereocenters. The Morgan fingerprint density at radius 3 is 2.07 bits per heavy atom. The third-order valence-electron chi connectivity index (χ3n) is 1.88. The summed E-state index contributed by atoms with van der Waals surface area (Å²) in [6.45, 7) is 5.26. The van der Waals surface area contributed by atoms with E-state index in [-0.39, 0.29) is 11.7 Å². The fraction of sp³-hybridized carbons (Fsp3) is 0.778. The van der Waals surface area contributed by atoms with E-state index >= 15 is 0 Å². The Balaban J connectivity index is 4.45. The molecule has 0 heterocycles. The van der Waals surface area contributed by atoms with Crippen molar-refractivity contribution in [3.63, 3.8) is 0 Å². The molecule has 3 N–H and O–H groups in total. The molecule has 0 aromatic rings. The van der Waals surface area contributed by atoms with Gasteiger partial charge in [0.05, 0.1) is 19.2 Å². The van der Waals surface area contributed by atoms with Gasteiger partial charge in [-0.3, -0.25) is 4.79 Å². The summed E-state index contributed by atoms with van der Waals surface area (Å²) in [7, 11) is 1.25. The summed E-state index contributed by atoms with van der Waals surface area (Å²) in [5, 5.41) is 2.46. The van der Waals surface area contributed by atoms with Crippen LogP contribution in [0.4, 0.5) is 4.79 Å². The van der Waals surface area contributed by atoms with Crippen molar-refractivity contribution >= 4 is 11.9 Å². The minimum Gasteiger partial charge on any atom is -0.453 e. The molecule has 0 saturated heterocycles. The summed E-state index contributed by atoms with van der Waals surface area (Å²) < 4.78 is 4.42. The van der Waals surface area contributed by atoms with Crippen molar-refractivity contribution in [2.45, 2.75) is 32.9 Å². The van der Waals surface area contributed by atoms with Crippen LogP contribution in [0.5, 0.6) is 0 Å². The van der Waals surface area contributed by atoms with Gasteiger partial charge in [0.25, 0.3) is 0 Å². The number of hydrogen-bond donors (Lipinski definition) is 2. The number of carbonyl (C=O) groups excluding carboxylic acids is 2. The van der Waals surface area contributed by atoms with Gasteiger partial charge in [0.2, 0.25) is 0 Å². The highest BCUT2D eigenvalue weighted by molar-refractivity contribution is 5.91. The van der Waals surface area contributed by atoms with E-state index in [9.17, 15) is 9.59 Å². The molecule has 0 aliphatic rings. The molecule has 1 amide bonds. The molecule has 0 saturated carbocycles. The van der Waals surface area contributed by atoms with Crippen molar-refractivity contribution in [2.24, 2.45) is 11.7 Å². The van der Waals surface area contributed by atoms with Crippen molar-refractivity contribution in [3.05, 3.63) is 0 Å². The monoisotopic (exact) mass is 202 g/mol. The lowest BCUT2D eigenvalue weighted by Gasteiger charge is -2.21. The van der Waals surface area contributed by atoms with Crippen LogP contribution in [0.1, 0.15) is 20.8 Å². The van der Waals surface area contributed by atoms with Crippen molar-refractivity contribution in [1.82, 2.24) is 5.32 Å². The minimum absolute atomic E-state index is 0.00685. The van der Waals surface area contributed by atoms with Crippen molar-refractivity contribution in [2.75, 3.05) is 7.11 Å². The number of nitrogens with one attached hydrogen (secondary N) is 1. The Bertz CT molecular complexity index is 214. The van der Waals surface area contributed by atoms with E-state index in [1.807, 2.05) is 13.8 Å². The van der Waals surface area contributed by atoms with Gasteiger partial charge >= 0.3 is 6.09 Å². The predicted molar refractivity (Wildman–Crippen MR) is 52.8 cm³/mol. The quantitative estimate of drug-likeness (QED) is 0.686. The minimum atomic E-state index is -0.613. The average molecular weight is 202 g/mol. The van der Waals surface area contributed by atoms with Gasteiger partial charge in [-0.2, -0.15) is 0 Å². The summed E-state index contributed by atoms with van der Waals surface area (Å²) in [4.78, 5) is 22.5. The lowest BCUT2D eigenvalue weighted by atomic mass is 9.96. The molecule has 0 aliphatic carbocycles. The van der Waals surface area contributed by atoms with Crippen LogP contribution in [-0.2, 0) is 9.53 Å². The second-order valence-corrected chi connectivity index (χ2v) is 3.55. The standard InChI is InChI=1S/C9H18N2O3/c1-5(2)7(8(12)6(3)10)11-9(13)14-4/h5-7H,10H2,1-4H3,(H,11,13). The molecule has 5 nitrogen and oxygen atoms in total. The molecule has 0 radical (unpaired) electrons. The van der Waals surface area contributed by atoms with E-state index in [0.717, 1.165) is 0 Å². The fourth-order valence-electron chi connectivity index (χ4n) is 1.04. The van der Waals surface area contributed by atoms with Gasteiger partial charge in [-0.25, -0.2) is 4.79 Å². The van der Waals surface area contributed by atoms with E-state index in [1.165, 1.54) is 7.11 Å². The molecule has 0 aliphatic heterocycles. The van der Waals surface area contributed by atoms with Gasteiger partial charge in [0, 0.05) is 0 Å². The topological polar surface area (TPSA) is 81.4 Å². The molecule has 0 aromatic carbocycles. The Morgan fingerprint density at radius 2 is 1.79 bits per heavy atom. The van der Waals surface area contributed by atoms with Gasteiger partial charge in [0.15, 0.2) is 5.78 Å². The molecular weight excluding hydrogens is 184 g/mol. The number of amides is 1. The van der Waals surface area contributed by atoms with Crippen LogP contribution in [0.3, 0.4) is 0 Å². The third kappa shape index (κ3) is 3.74. The highest BCUT2D eigenvalue weighted by Crippen LogP contribution is 2.04. The number of ether oxygens (including phenoxy) is 1. The second-order valence-electron chi connectivity index (χ2n) is 3.55. The Labute approximate surface area is 84.0 Å². The van der Waals surface area contributed by atoms with Crippen LogP contribution in [0.15, 0.2) is 0 Å². The summed E-state index contributed by atoms with van der Waals surface area (Å²) in [6.07, 6.45) is -0.613. The zero-order valence-electron chi connectivity index (χ0n) is 9.03. The number of nitrogens with two attached hydrogens (primary N) is 1. The van der Waals surface area contributed by atoms with Gasteiger partial charge in [-0.05, 0) is 12.8 Å². The van der Waals surface area contributed by atoms with Gasteiger partial charge < -0.3 is 15.8 Å². The summed E-state index contributed by atoms with van der Waals surface area (Å²) in [5.41, 5.74) is 5.45. The van der Waals surface area contributed by atoms with Crippen LogP contribution in [0.2, 0.25) is 0 Å². The normalized spacial score (nSPS) is 14.7. The first kappa shape index (κ1) is 12.9. The molecular formula is C9H18N2O3. The zero-order chi connectivity index (χ0) is 11.3. The number of Topliss-reactive ketones (excluding diaryl/α,β-unsaturated/α-hetero) is 1. The van der Waals surface area contributed by atoms with Crippen LogP contribution in [0, 0.1) is 5.92 Å². The SMILES string of the molecule is COC(=O)NC(C(=O)C(C)N)C(C)C. The Kier molecular flexibility index (Phi) is 5.15. The molecule has 2 unspecified atom stereocenters. The predicted octanol–water partition coefficient (Wildman–Crippen LogP) is 0.283. The summed E-state index contributed by atoms with van der Waals surface area (Å²) >= 11 is 0. The smallest absolute Gasteiger partial charge is 0.407 e. The van der Waals surface area contributed by atoms with Crippen molar-refractivity contribution < 1.29 is 14.3 Å². The molecule has 0 spiro atoms. The number of ketones is 1. The highest BCUT2D eigenvalue weighted by atomic mass is 16.5. The van der Waals surface area contributed by atoms with E-state index < -0.39 is 18.2 Å². The highest BCUT2D eigenvalue weighted by Gasteiger charge is 2.26. The maximum absolute atomic E-state index is 11.5. The van der Waals surface area contributed by atoms with Crippen molar-refractivity contribution in [1.29, 1.82) is 0 Å². The molecule has 0 fully saturated rings. The van der Waals surface area contributed by atoms with Crippen LogP contribution < -0.4 is 11.1 Å². The van der Waals surface area contributed by atoms with E-state index in [1.54, 1.807) is 6.92 Å². The first-order valence-electron chi connectivity index (χ1n) is 4.54. The molecule has 14 heavy (non-hydrogen) atoms. The van der Waals surface area contributed by atoms with E-state index in [4.69, 9.17) is 5.73 Å². The lowest BCUT2D eigenvalue weighted by Crippen LogP contribution is -2.49. The zero-order valence-corrected chi connectivity index (χ0v) is 9.03. The number of methoxy groups -OCH3 is 1. The van der Waals surface area contributed by atoms with Crippen LogP contribution in [0.25, 0.3) is 0 Å². The molecule has 0 bridgehead atoms.